The van der Waals surface area contributed by atoms with E-state index in [1.807, 2.05) is 6.26 Å². The van der Waals surface area contributed by atoms with Crippen LogP contribution in [0.1, 0.15) is 56.3 Å². The maximum atomic E-state index is 13.1. The first-order chi connectivity index (χ1) is 13.1. The van der Waals surface area contributed by atoms with Gasteiger partial charge in [-0.05, 0) is 61.0 Å². The number of methoxy groups -OCH3 is 2. The molecule has 0 unspecified atom stereocenters. The van der Waals surface area contributed by atoms with Crippen LogP contribution in [0, 0.1) is 28.6 Å². The molecule has 0 spiro atoms. The molecular formula is C22H29NO4. The Morgan fingerprint density at radius 1 is 1.30 bits per heavy atom. The van der Waals surface area contributed by atoms with Crippen LogP contribution >= 0.6 is 0 Å². The fraction of sp³-hybridized carbons (Fsp3) is 0.727. The standard InChI is InChI=1S/C22H29NO4/c1-13-14-5-6-18-21(16(14)11-17-15(13)7-10-27-17)8-4-9-22(18,20(24)26-3)19(25-2)23-12-21/h7,10,12-14,16,18-19H,4-6,8-9,11H2,1-3H3/t13-,14+,16-,18-,19+,21+,22+/m0/s1. The highest BCUT2D eigenvalue weighted by atomic mass is 16.5. The third-order valence-electron chi connectivity index (χ3n) is 8.46. The molecule has 5 heteroatoms. The zero-order chi connectivity index (χ0) is 18.8. The summed E-state index contributed by atoms with van der Waals surface area (Å²) in [6, 6.07) is 2.15. The van der Waals surface area contributed by atoms with Crippen LogP contribution in [-0.4, -0.2) is 32.6 Å². The summed E-state index contributed by atoms with van der Waals surface area (Å²) in [5, 5.41) is 0. The largest absolute Gasteiger partial charge is 0.469 e. The van der Waals surface area contributed by atoms with Gasteiger partial charge in [0.2, 0.25) is 0 Å². The van der Waals surface area contributed by atoms with Crippen LogP contribution in [0.25, 0.3) is 0 Å². The quantitative estimate of drug-likeness (QED) is 0.738. The Bertz CT molecular complexity index is 785. The van der Waals surface area contributed by atoms with E-state index in [4.69, 9.17) is 18.9 Å². The minimum absolute atomic E-state index is 0.0525. The van der Waals surface area contributed by atoms with Crippen molar-refractivity contribution in [2.45, 2.75) is 57.6 Å². The topological polar surface area (TPSA) is 61.0 Å². The normalized spacial score (nSPS) is 44.8. The number of nitrogens with zero attached hydrogens (tertiary/aromatic N) is 1. The van der Waals surface area contributed by atoms with E-state index in [0.29, 0.717) is 17.8 Å². The van der Waals surface area contributed by atoms with Crippen molar-refractivity contribution in [3.8, 4) is 0 Å². The zero-order valence-electron chi connectivity index (χ0n) is 16.4. The van der Waals surface area contributed by atoms with Gasteiger partial charge in [-0.25, -0.2) is 0 Å². The van der Waals surface area contributed by atoms with Crippen molar-refractivity contribution in [3.63, 3.8) is 0 Å². The highest BCUT2D eigenvalue weighted by molar-refractivity contribution is 5.82. The number of hydrogen-bond acceptors (Lipinski definition) is 5. The van der Waals surface area contributed by atoms with E-state index in [1.54, 1.807) is 7.11 Å². The predicted octanol–water partition coefficient (Wildman–Crippen LogP) is 3.97. The number of hydrogen-bond donors (Lipinski definition) is 0. The van der Waals surface area contributed by atoms with Gasteiger partial charge in [0.25, 0.3) is 0 Å². The van der Waals surface area contributed by atoms with Crippen molar-refractivity contribution in [2.75, 3.05) is 14.2 Å². The van der Waals surface area contributed by atoms with Crippen LogP contribution in [0.2, 0.25) is 0 Å². The summed E-state index contributed by atoms with van der Waals surface area (Å²) < 4.78 is 16.9. The first kappa shape index (κ1) is 17.5. The number of furan rings is 1. The first-order valence-electron chi connectivity index (χ1n) is 10.3. The number of fused-ring (bicyclic) bond motifs is 2. The fourth-order valence-electron chi connectivity index (χ4n) is 7.43. The first-order valence-corrected chi connectivity index (χ1v) is 10.3. The van der Waals surface area contributed by atoms with Gasteiger partial charge in [0.1, 0.15) is 11.2 Å². The molecule has 0 aromatic carbocycles. The molecule has 2 saturated carbocycles. The number of aliphatic imine (C=N–C) groups is 1. The third kappa shape index (κ3) is 2.04. The average Bonchev–Trinajstić information content (AvgIpc) is 3.16. The lowest BCUT2D eigenvalue weighted by Crippen LogP contribution is -2.65. The molecule has 2 bridgehead atoms. The molecule has 4 aliphatic rings. The Hall–Kier alpha value is -1.62. The van der Waals surface area contributed by atoms with Crippen molar-refractivity contribution in [2.24, 2.45) is 33.6 Å². The summed E-state index contributed by atoms with van der Waals surface area (Å²) in [5.74, 6) is 2.81. The van der Waals surface area contributed by atoms with Gasteiger partial charge < -0.3 is 13.9 Å². The van der Waals surface area contributed by atoms with Gasteiger partial charge in [-0.2, -0.15) is 0 Å². The van der Waals surface area contributed by atoms with E-state index < -0.39 is 11.6 Å². The number of ether oxygens (including phenoxy) is 2. The molecule has 5 rings (SSSR count). The van der Waals surface area contributed by atoms with Crippen molar-refractivity contribution in [1.82, 2.24) is 0 Å². The van der Waals surface area contributed by atoms with Crippen molar-refractivity contribution >= 4 is 12.2 Å². The van der Waals surface area contributed by atoms with Gasteiger partial charge in [0.15, 0.2) is 6.23 Å². The van der Waals surface area contributed by atoms with Gasteiger partial charge in [-0.3, -0.25) is 9.79 Å². The lowest BCUT2D eigenvalue weighted by molar-refractivity contribution is -0.194. The smallest absolute Gasteiger partial charge is 0.316 e. The average molecular weight is 371 g/mol. The summed E-state index contributed by atoms with van der Waals surface area (Å²) in [6.45, 7) is 2.34. The van der Waals surface area contributed by atoms with Gasteiger partial charge in [-0.1, -0.05) is 13.3 Å². The second-order valence-corrected chi connectivity index (χ2v) is 9.06. The highest BCUT2D eigenvalue weighted by Crippen LogP contribution is 2.67. The van der Waals surface area contributed by atoms with Crippen LogP contribution < -0.4 is 0 Å². The van der Waals surface area contributed by atoms with E-state index >= 15 is 0 Å². The number of carbonyl (C=O) groups excluding carboxylic acids is 1. The van der Waals surface area contributed by atoms with Gasteiger partial charge in [0, 0.05) is 25.2 Å². The molecule has 0 saturated heterocycles. The molecule has 5 nitrogen and oxygen atoms in total. The van der Waals surface area contributed by atoms with Crippen molar-refractivity contribution < 1.29 is 18.7 Å². The third-order valence-corrected chi connectivity index (χ3v) is 8.46. The molecule has 0 N–H and O–H groups in total. The van der Waals surface area contributed by atoms with Crippen LogP contribution in [-0.2, 0) is 20.7 Å². The molecule has 1 aliphatic heterocycles. The van der Waals surface area contributed by atoms with Crippen LogP contribution in [0.5, 0.6) is 0 Å². The number of esters is 1. The molecule has 146 valence electrons. The van der Waals surface area contributed by atoms with Crippen LogP contribution in [0.3, 0.4) is 0 Å². The SMILES string of the molecule is COC(=O)[C@@]12CCC[C@@]3(C=N[C@@H]1OC)[C@H]1Cc4occc4[C@@H](C)[C@H]1CC[C@@H]32. The van der Waals surface area contributed by atoms with Crippen molar-refractivity contribution in [3.05, 3.63) is 23.7 Å². The monoisotopic (exact) mass is 371 g/mol. The Labute approximate surface area is 160 Å². The molecule has 1 aromatic heterocycles. The Kier molecular flexibility index (Phi) is 3.84. The Morgan fingerprint density at radius 3 is 2.93 bits per heavy atom. The maximum Gasteiger partial charge on any atom is 0.316 e. The molecule has 27 heavy (non-hydrogen) atoms. The summed E-state index contributed by atoms with van der Waals surface area (Å²) >= 11 is 0. The Balaban J connectivity index is 1.65. The highest BCUT2D eigenvalue weighted by Gasteiger charge is 2.68. The van der Waals surface area contributed by atoms with Gasteiger partial charge in [0.05, 0.1) is 13.4 Å². The van der Waals surface area contributed by atoms with Crippen molar-refractivity contribution in [1.29, 1.82) is 0 Å². The zero-order valence-corrected chi connectivity index (χ0v) is 16.4. The second-order valence-electron chi connectivity index (χ2n) is 9.06. The molecular weight excluding hydrogens is 342 g/mol. The predicted molar refractivity (Wildman–Crippen MR) is 101 cm³/mol. The van der Waals surface area contributed by atoms with E-state index in [0.717, 1.165) is 44.3 Å². The molecule has 1 aromatic rings. The molecule has 3 aliphatic carbocycles. The number of rotatable bonds is 2. The van der Waals surface area contributed by atoms with Gasteiger partial charge in [-0.15, -0.1) is 0 Å². The van der Waals surface area contributed by atoms with Crippen LogP contribution in [0.4, 0.5) is 0 Å². The van der Waals surface area contributed by atoms with E-state index in [9.17, 15) is 4.79 Å². The number of carbonyl (C=O) groups is 1. The molecule has 7 atom stereocenters. The van der Waals surface area contributed by atoms with E-state index in [2.05, 4.69) is 19.2 Å². The fourth-order valence-corrected chi connectivity index (χ4v) is 7.43. The lowest BCUT2D eigenvalue weighted by atomic mass is 9.41. The minimum atomic E-state index is -0.645. The summed E-state index contributed by atoms with van der Waals surface area (Å²) in [6.07, 6.45) is 9.65. The summed E-state index contributed by atoms with van der Waals surface area (Å²) in [7, 11) is 3.17. The molecule has 2 fully saturated rings. The molecule has 0 radical (unpaired) electrons. The minimum Gasteiger partial charge on any atom is -0.469 e. The molecule has 2 heterocycles. The van der Waals surface area contributed by atoms with Crippen LogP contribution in [0.15, 0.2) is 21.7 Å². The maximum absolute atomic E-state index is 13.1. The summed E-state index contributed by atoms with van der Waals surface area (Å²) in [5.41, 5.74) is 0.681. The molecule has 0 amide bonds. The second kappa shape index (κ2) is 5.94. The van der Waals surface area contributed by atoms with E-state index in [-0.39, 0.29) is 17.3 Å². The Morgan fingerprint density at radius 2 is 2.15 bits per heavy atom. The van der Waals surface area contributed by atoms with Gasteiger partial charge >= 0.3 is 5.97 Å². The lowest BCUT2D eigenvalue weighted by Gasteiger charge is -2.63. The summed E-state index contributed by atoms with van der Waals surface area (Å²) in [4.78, 5) is 17.9. The van der Waals surface area contributed by atoms with E-state index in [1.165, 1.54) is 12.7 Å².